The Morgan fingerprint density at radius 3 is 2.32 bits per heavy atom. The summed E-state index contributed by atoms with van der Waals surface area (Å²) in [6, 6.07) is 9.64. The second kappa shape index (κ2) is 8.90. The quantitative estimate of drug-likeness (QED) is 0.653. The average Bonchev–Trinajstić information content (AvgIpc) is 2.46. The molecule has 0 fully saturated rings. The Morgan fingerprint density at radius 2 is 1.77 bits per heavy atom. The minimum Gasteiger partial charge on any atom is -0.340 e. The minimum absolute atomic E-state index is 0.0914. The monoisotopic (exact) mass is 326 g/mol. The smallest absolute Gasteiger partial charge is 0.237 e. The van der Waals surface area contributed by atoms with Gasteiger partial charge in [0.05, 0.1) is 12.8 Å². The van der Waals surface area contributed by atoms with Gasteiger partial charge in [0.2, 0.25) is 15.9 Å². The van der Waals surface area contributed by atoms with E-state index in [9.17, 15) is 13.2 Å². The highest BCUT2D eigenvalue weighted by atomic mass is 32.2. The van der Waals surface area contributed by atoms with Crippen LogP contribution in [0.1, 0.15) is 31.7 Å². The van der Waals surface area contributed by atoms with Crippen LogP contribution in [0, 0.1) is 0 Å². The molecule has 1 amide bonds. The highest BCUT2D eigenvalue weighted by Gasteiger charge is 2.21. The van der Waals surface area contributed by atoms with E-state index >= 15 is 0 Å². The number of hydrogen-bond acceptors (Lipinski definition) is 3. The average molecular weight is 326 g/mol. The lowest BCUT2D eigenvalue weighted by Gasteiger charge is -2.23. The van der Waals surface area contributed by atoms with E-state index < -0.39 is 10.0 Å². The van der Waals surface area contributed by atoms with Gasteiger partial charge < -0.3 is 4.90 Å². The Balaban J connectivity index is 2.61. The highest BCUT2D eigenvalue weighted by Crippen LogP contribution is 2.07. The third kappa shape index (κ3) is 6.58. The molecule has 0 aliphatic carbocycles. The zero-order chi connectivity index (χ0) is 16.6. The number of benzene rings is 1. The molecule has 0 N–H and O–H groups in total. The molecule has 0 aliphatic heterocycles. The van der Waals surface area contributed by atoms with Gasteiger partial charge in [-0.25, -0.2) is 8.42 Å². The molecule has 1 rings (SSSR count). The van der Waals surface area contributed by atoms with Crippen LogP contribution in [0.25, 0.3) is 0 Å². The van der Waals surface area contributed by atoms with Crippen LogP contribution in [0.3, 0.4) is 0 Å². The van der Waals surface area contributed by atoms with E-state index in [2.05, 4.69) is 6.92 Å². The summed E-state index contributed by atoms with van der Waals surface area (Å²) >= 11 is 0. The summed E-state index contributed by atoms with van der Waals surface area (Å²) < 4.78 is 24.9. The molecular formula is C16H26N2O3S. The molecule has 124 valence electrons. The van der Waals surface area contributed by atoms with E-state index in [0.717, 1.165) is 31.1 Å². The third-order valence-electron chi connectivity index (χ3n) is 3.48. The first-order chi connectivity index (χ1) is 10.3. The van der Waals surface area contributed by atoms with Crippen molar-refractivity contribution in [1.29, 1.82) is 0 Å². The van der Waals surface area contributed by atoms with Gasteiger partial charge in [-0.15, -0.1) is 0 Å². The Morgan fingerprint density at radius 1 is 1.14 bits per heavy atom. The molecule has 0 heterocycles. The molecule has 0 atom stereocenters. The van der Waals surface area contributed by atoms with Crippen molar-refractivity contribution in [2.45, 2.75) is 32.7 Å². The number of carbonyl (C=O) groups excluding carboxylic acids is 1. The zero-order valence-electron chi connectivity index (χ0n) is 13.7. The number of likely N-dealkylation sites (N-methyl/N-ethyl adjacent to an activating group) is 1. The van der Waals surface area contributed by atoms with Crippen molar-refractivity contribution in [3.8, 4) is 0 Å². The van der Waals surface area contributed by atoms with E-state index in [-0.39, 0.29) is 12.5 Å². The molecule has 0 aromatic heterocycles. The van der Waals surface area contributed by atoms with Gasteiger partial charge in [-0.1, -0.05) is 50.1 Å². The fraction of sp³-hybridized carbons (Fsp3) is 0.562. The van der Waals surface area contributed by atoms with Gasteiger partial charge in [-0.05, 0) is 12.0 Å². The molecular weight excluding hydrogens is 300 g/mol. The normalized spacial score (nSPS) is 11.6. The molecule has 0 unspecified atom stereocenters. The third-order valence-corrected chi connectivity index (χ3v) is 4.73. The van der Waals surface area contributed by atoms with Crippen LogP contribution in [-0.2, 0) is 21.4 Å². The van der Waals surface area contributed by atoms with Gasteiger partial charge >= 0.3 is 0 Å². The van der Waals surface area contributed by atoms with Crippen molar-refractivity contribution in [2.24, 2.45) is 0 Å². The van der Waals surface area contributed by atoms with Crippen LogP contribution in [0.4, 0.5) is 0 Å². The predicted octanol–water partition coefficient (Wildman–Crippen LogP) is 2.10. The van der Waals surface area contributed by atoms with Gasteiger partial charge in [0, 0.05) is 20.1 Å². The van der Waals surface area contributed by atoms with Crippen LogP contribution in [0.2, 0.25) is 0 Å². The van der Waals surface area contributed by atoms with E-state index in [1.54, 1.807) is 11.9 Å². The number of carbonyl (C=O) groups is 1. The van der Waals surface area contributed by atoms with Crippen molar-refractivity contribution >= 4 is 15.9 Å². The standard InChI is InChI=1S/C16H26N2O3S/c1-4-5-9-12-18(22(3,20)21)14-16(19)17(2)13-15-10-7-6-8-11-15/h6-8,10-11H,4-5,9,12-14H2,1-3H3. The molecule has 0 bridgehead atoms. The maximum Gasteiger partial charge on any atom is 0.237 e. The molecule has 0 spiro atoms. The fourth-order valence-corrected chi connectivity index (χ4v) is 2.92. The molecule has 0 radical (unpaired) electrons. The van der Waals surface area contributed by atoms with Crippen LogP contribution in [0.15, 0.2) is 30.3 Å². The topological polar surface area (TPSA) is 57.7 Å². The van der Waals surface area contributed by atoms with Crippen molar-refractivity contribution in [1.82, 2.24) is 9.21 Å². The summed E-state index contributed by atoms with van der Waals surface area (Å²) in [7, 11) is -1.66. The van der Waals surface area contributed by atoms with E-state index in [1.165, 1.54) is 4.31 Å². The second-order valence-electron chi connectivity index (χ2n) is 5.54. The number of hydrogen-bond donors (Lipinski definition) is 0. The van der Waals surface area contributed by atoms with Crippen LogP contribution >= 0.6 is 0 Å². The molecule has 1 aromatic rings. The molecule has 0 aliphatic rings. The SMILES string of the molecule is CCCCCN(CC(=O)N(C)Cc1ccccc1)S(C)(=O)=O. The number of sulfonamides is 1. The summed E-state index contributed by atoms with van der Waals surface area (Å²) in [5.74, 6) is -0.189. The summed E-state index contributed by atoms with van der Waals surface area (Å²) in [6.45, 7) is 2.85. The lowest BCUT2D eigenvalue weighted by molar-refractivity contribution is -0.130. The van der Waals surface area contributed by atoms with Crippen LogP contribution in [0.5, 0.6) is 0 Å². The van der Waals surface area contributed by atoms with Crippen LogP contribution in [-0.4, -0.2) is 49.9 Å². The van der Waals surface area contributed by atoms with Crippen molar-refractivity contribution < 1.29 is 13.2 Å². The Labute approximate surface area is 134 Å². The fourth-order valence-electron chi connectivity index (χ4n) is 2.12. The maximum absolute atomic E-state index is 12.3. The first-order valence-corrected chi connectivity index (χ1v) is 9.42. The predicted molar refractivity (Wildman–Crippen MR) is 88.9 cm³/mol. The number of unbranched alkanes of at least 4 members (excludes halogenated alkanes) is 2. The Hall–Kier alpha value is -1.40. The van der Waals surface area contributed by atoms with Gasteiger partial charge in [0.25, 0.3) is 0 Å². The van der Waals surface area contributed by atoms with E-state index in [0.29, 0.717) is 13.1 Å². The molecule has 6 heteroatoms. The number of amides is 1. The Bertz CT molecular complexity index is 558. The van der Waals surface area contributed by atoms with Crippen molar-refractivity contribution in [3.05, 3.63) is 35.9 Å². The maximum atomic E-state index is 12.3. The lowest BCUT2D eigenvalue weighted by atomic mass is 10.2. The van der Waals surface area contributed by atoms with Gasteiger partial charge in [0.15, 0.2) is 0 Å². The van der Waals surface area contributed by atoms with Gasteiger partial charge in [-0.3, -0.25) is 4.79 Å². The van der Waals surface area contributed by atoms with Crippen molar-refractivity contribution in [3.63, 3.8) is 0 Å². The summed E-state index contributed by atoms with van der Waals surface area (Å²) in [6.07, 6.45) is 3.90. The number of nitrogens with zero attached hydrogens (tertiary/aromatic N) is 2. The van der Waals surface area contributed by atoms with E-state index in [4.69, 9.17) is 0 Å². The van der Waals surface area contributed by atoms with E-state index in [1.807, 2.05) is 30.3 Å². The minimum atomic E-state index is -3.36. The molecule has 0 saturated carbocycles. The lowest BCUT2D eigenvalue weighted by Crippen LogP contribution is -2.41. The summed E-state index contributed by atoms with van der Waals surface area (Å²) in [5.41, 5.74) is 1.02. The second-order valence-corrected chi connectivity index (χ2v) is 7.52. The summed E-state index contributed by atoms with van der Waals surface area (Å²) in [4.78, 5) is 13.8. The zero-order valence-corrected chi connectivity index (χ0v) is 14.5. The van der Waals surface area contributed by atoms with Gasteiger partial charge in [0.1, 0.15) is 0 Å². The molecule has 0 saturated heterocycles. The summed E-state index contributed by atoms with van der Waals surface area (Å²) in [5, 5.41) is 0. The molecule has 22 heavy (non-hydrogen) atoms. The highest BCUT2D eigenvalue weighted by molar-refractivity contribution is 7.88. The largest absolute Gasteiger partial charge is 0.340 e. The van der Waals surface area contributed by atoms with Crippen LogP contribution < -0.4 is 0 Å². The van der Waals surface area contributed by atoms with Gasteiger partial charge in [-0.2, -0.15) is 4.31 Å². The van der Waals surface area contributed by atoms with Crippen molar-refractivity contribution in [2.75, 3.05) is 26.4 Å². The first-order valence-electron chi connectivity index (χ1n) is 7.57. The Kier molecular flexibility index (Phi) is 7.55. The molecule has 5 nitrogen and oxygen atoms in total. The first kappa shape index (κ1) is 18.6. The molecule has 1 aromatic carbocycles. The number of rotatable bonds is 9.